The van der Waals surface area contributed by atoms with E-state index in [2.05, 4.69) is 21.1 Å². The first kappa shape index (κ1) is 12.5. The van der Waals surface area contributed by atoms with Gasteiger partial charge < -0.3 is 13.8 Å². The number of hydrogen-bond acceptors (Lipinski definition) is 4. The number of amides is 1. The molecule has 100 valence electrons. The van der Waals surface area contributed by atoms with Crippen LogP contribution in [-0.2, 0) is 6.54 Å². The van der Waals surface area contributed by atoms with E-state index in [4.69, 9.17) is 8.94 Å². The summed E-state index contributed by atoms with van der Waals surface area (Å²) >= 11 is 3.23. The van der Waals surface area contributed by atoms with Crippen LogP contribution in [-0.4, -0.2) is 23.0 Å². The number of carbonyl (C=O) groups excluding carboxylic acids is 1. The lowest BCUT2D eigenvalue weighted by Crippen LogP contribution is -2.26. The van der Waals surface area contributed by atoms with Crippen LogP contribution >= 0.6 is 15.9 Å². The minimum atomic E-state index is -0.164. The first-order chi connectivity index (χ1) is 9.13. The van der Waals surface area contributed by atoms with Crippen LogP contribution in [0.4, 0.5) is 0 Å². The van der Waals surface area contributed by atoms with Gasteiger partial charge in [0.2, 0.25) is 0 Å². The standard InChI is InChI=1S/C13H13BrN2O3/c1-16(7-9-4-5-12(14)18-9)13(17)10-6-11(19-15-10)8-2-3-8/h4-6,8H,2-3,7H2,1H3. The molecule has 0 saturated heterocycles. The van der Waals surface area contributed by atoms with Gasteiger partial charge in [-0.15, -0.1) is 0 Å². The molecule has 5 nitrogen and oxygen atoms in total. The van der Waals surface area contributed by atoms with Gasteiger partial charge in [0.1, 0.15) is 11.5 Å². The fourth-order valence-electron chi connectivity index (χ4n) is 1.89. The molecule has 0 atom stereocenters. The molecule has 0 aliphatic heterocycles. The molecule has 0 spiro atoms. The van der Waals surface area contributed by atoms with Crippen molar-refractivity contribution in [1.29, 1.82) is 0 Å². The summed E-state index contributed by atoms with van der Waals surface area (Å²) in [6.07, 6.45) is 2.25. The molecule has 1 fully saturated rings. The highest BCUT2D eigenvalue weighted by Gasteiger charge is 2.29. The van der Waals surface area contributed by atoms with Crippen LogP contribution < -0.4 is 0 Å². The Kier molecular flexibility index (Phi) is 3.18. The quantitative estimate of drug-likeness (QED) is 0.866. The number of hydrogen-bond donors (Lipinski definition) is 0. The van der Waals surface area contributed by atoms with Gasteiger partial charge in [-0.25, -0.2) is 0 Å². The van der Waals surface area contributed by atoms with Gasteiger partial charge >= 0.3 is 0 Å². The van der Waals surface area contributed by atoms with E-state index < -0.39 is 0 Å². The zero-order valence-electron chi connectivity index (χ0n) is 10.4. The minimum Gasteiger partial charge on any atom is -0.452 e. The van der Waals surface area contributed by atoms with Crippen LogP contribution in [0.3, 0.4) is 0 Å². The zero-order valence-corrected chi connectivity index (χ0v) is 12.0. The first-order valence-electron chi connectivity index (χ1n) is 6.10. The molecule has 3 rings (SSSR count). The van der Waals surface area contributed by atoms with Gasteiger partial charge in [-0.3, -0.25) is 4.79 Å². The highest BCUT2D eigenvalue weighted by atomic mass is 79.9. The monoisotopic (exact) mass is 324 g/mol. The van der Waals surface area contributed by atoms with Crippen LogP contribution in [0.25, 0.3) is 0 Å². The average Bonchev–Trinajstić information content (AvgIpc) is 2.98. The highest BCUT2D eigenvalue weighted by molar-refractivity contribution is 9.10. The van der Waals surface area contributed by atoms with Crippen molar-refractivity contribution in [3.05, 3.63) is 40.1 Å². The van der Waals surface area contributed by atoms with Crippen LogP contribution in [0.5, 0.6) is 0 Å². The summed E-state index contributed by atoms with van der Waals surface area (Å²) in [6.45, 7) is 0.399. The van der Waals surface area contributed by atoms with E-state index in [0.717, 1.165) is 18.6 Å². The largest absolute Gasteiger partial charge is 0.452 e. The summed E-state index contributed by atoms with van der Waals surface area (Å²) in [5.74, 6) is 1.83. The molecule has 19 heavy (non-hydrogen) atoms. The third-order valence-corrected chi connectivity index (χ3v) is 3.52. The fourth-order valence-corrected chi connectivity index (χ4v) is 2.23. The Bertz CT molecular complexity index is 601. The molecule has 2 heterocycles. The average molecular weight is 325 g/mol. The summed E-state index contributed by atoms with van der Waals surface area (Å²) in [7, 11) is 1.71. The second-order valence-corrected chi connectivity index (χ2v) is 5.54. The van der Waals surface area contributed by atoms with Gasteiger partial charge in [-0.1, -0.05) is 5.16 Å². The van der Waals surface area contributed by atoms with Crippen molar-refractivity contribution in [3.63, 3.8) is 0 Å². The van der Waals surface area contributed by atoms with E-state index in [-0.39, 0.29) is 5.91 Å². The summed E-state index contributed by atoms with van der Waals surface area (Å²) in [5.41, 5.74) is 0.357. The van der Waals surface area contributed by atoms with Crippen molar-refractivity contribution in [3.8, 4) is 0 Å². The third kappa shape index (κ3) is 2.73. The molecule has 2 aromatic heterocycles. The smallest absolute Gasteiger partial charge is 0.276 e. The summed E-state index contributed by atoms with van der Waals surface area (Å²) in [5, 5.41) is 3.84. The van der Waals surface area contributed by atoms with Crippen molar-refractivity contribution < 1.29 is 13.7 Å². The van der Waals surface area contributed by atoms with Crippen LogP contribution in [0.1, 0.15) is 40.8 Å². The first-order valence-corrected chi connectivity index (χ1v) is 6.89. The molecule has 6 heteroatoms. The molecule has 0 aromatic carbocycles. The molecular formula is C13H13BrN2O3. The second kappa shape index (κ2) is 4.85. The van der Waals surface area contributed by atoms with E-state index in [1.165, 1.54) is 0 Å². The number of carbonyl (C=O) groups is 1. The van der Waals surface area contributed by atoms with Gasteiger partial charge in [-0.05, 0) is 40.9 Å². The molecule has 1 amide bonds. The Morgan fingerprint density at radius 1 is 1.53 bits per heavy atom. The van der Waals surface area contributed by atoms with Crippen LogP contribution in [0.2, 0.25) is 0 Å². The number of rotatable bonds is 4. The molecule has 0 unspecified atom stereocenters. The molecule has 0 radical (unpaired) electrons. The lowest BCUT2D eigenvalue weighted by Gasteiger charge is -2.13. The van der Waals surface area contributed by atoms with E-state index in [1.807, 2.05) is 6.07 Å². The maximum atomic E-state index is 12.2. The van der Waals surface area contributed by atoms with Gasteiger partial charge in [-0.2, -0.15) is 0 Å². The van der Waals surface area contributed by atoms with Gasteiger partial charge in [0, 0.05) is 19.0 Å². The van der Waals surface area contributed by atoms with Crippen molar-refractivity contribution in [2.75, 3.05) is 7.05 Å². The number of nitrogens with zero attached hydrogens (tertiary/aromatic N) is 2. The summed E-state index contributed by atoms with van der Waals surface area (Å²) in [6, 6.07) is 5.37. The van der Waals surface area contributed by atoms with Crippen molar-refractivity contribution in [2.24, 2.45) is 0 Å². The maximum absolute atomic E-state index is 12.2. The second-order valence-electron chi connectivity index (χ2n) is 4.76. The summed E-state index contributed by atoms with van der Waals surface area (Å²) in [4.78, 5) is 13.7. The number of aromatic nitrogens is 1. The Morgan fingerprint density at radius 2 is 2.32 bits per heavy atom. The summed E-state index contributed by atoms with van der Waals surface area (Å²) < 4.78 is 11.2. The van der Waals surface area contributed by atoms with Crippen molar-refractivity contribution in [2.45, 2.75) is 25.3 Å². The predicted octanol–water partition coefficient (Wildman–Crippen LogP) is 3.18. The lowest BCUT2D eigenvalue weighted by molar-refractivity contribution is 0.0764. The Balaban J connectivity index is 1.67. The van der Waals surface area contributed by atoms with Crippen LogP contribution in [0.15, 0.2) is 31.8 Å². The molecule has 1 saturated carbocycles. The Hall–Kier alpha value is -1.56. The molecule has 1 aliphatic rings. The number of furan rings is 1. The molecule has 2 aromatic rings. The maximum Gasteiger partial charge on any atom is 0.276 e. The molecule has 0 N–H and O–H groups in total. The van der Waals surface area contributed by atoms with E-state index >= 15 is 0 Å². The Labute approximate surface area is 118 Å². The van der Waals surface area contributed by atoms with Gasteiger partial charge in [0.25, 0.3) is 5.91 Å². The van der Waals surface area contributed by atoms with E-state index in [0.29, 0.717) is 28.6 Å². The van der Waals surface area contributed by atoms with E-state index in [1.54, 1.807) is 24.1 Å². The Morgan fingerprint density at radius 3 is 2.95 bits per heavy atom. The van der Waals surface area contributed by atoms with Crippen LogP contribution in [0, 0.1) is 0 Å². The zero-order chi connectivity index (χ0) is 13.4. The van der Waals surface area contributed by atoms with Crippen molar-refractivity contribution >= 4 is 21.8 Å². The minimum absolute atomic E-state index is 0.164. The van der Waals surface area contributed by atoms with Crippen molar-refractivity contribution in [1.82, 2.24) is 10.1 Å². The normalized spacial score (nSPS) is 14.6. The van der Waals surface area contributed by atoms with E-state index in [9.17, 15) is 4.79 Å². The molecule has 0 bridgehead atoms. The SMILES string of the molecule is CN(Cc1ccc(Br)o1)C(=O)c1cc(C2CC2)on1. The van der Waals surface area contributed by atoms with Gasteiger partial charge in [0.05, 0.1) is 6.54 Å². The predicted molar refractivity (Wildman–Crippen MR) is 70.7 cm³/mol. The topological polar surface area (TPSA) is 59.5 Å². The third-order valence-electron chi connectivity index (χ3n) is 3.10. The fraction of sp³-hybridized carbons (Fsp3) is 0.385. The lowest BCUT2D eigenvalue weighted by atomic mass is 10.2. The molecule has 1 aliphatic carbocycles. The number of halogens is 1. The molecular weight excluding hydrogens is 312 g/mol. The van der Waals surface area contributed by atoms with Gasteiger partial charge in [0.15, 0.2) is 10.4 Å². The highest BCUT2D eigenvalue weighted by Crippen LogP contribution is 2.40.